The molecule has 0 bridgehead atoms. The highest BCUT2D eigenvalue weighted by Crippen LogP contribution is 2.35. The second-order valence-electron chi connectivity index (χ2n) is 9.76. The molecule has 12 heteroatoms. The first-order valence-corrected chi connectivity index (χ1v) is 12.5. The number of rotatable bonds is 9. The van der Waals surface area contributed by atoms with E-state index in [0.29, 0.717) is 69.7 Å². The molecule has 0 saturated heterocycles. The number of halogens is 4. The minimum Gasteiger partial charge on any atom is -0.479 e. The lowest BCUT2D eigenvalue weighted by Crippen LogP contribution is -2.43. The van der Waals surface area contributed by atoms with E-state index in [1.165, 1.54) is 13.2 Å². The number of fused-ring (bicyclic) bond motifs is 1. The lowest BCUT2D eigenvalue weighted by Gasteiger charge is -2.35. The topological polar surface area (TPSA) is 89.7 Å². The fraction of sp³-hybridized carbons (Fsp3) is 0.640. The summed E-state index contributed by atoms with van der Waals surface area (Å²) in [7, 11) is 1.46. The van der Waals surface area contributed by atoms with Gasteiger partial charge in [-0.05, 0) is 49.2 Å². The fourth-order valence-corrected chi connectivity index (χ4v) is 4.87. The van der Waals surface area contributed by atoms with Crippen LogP contribution in [-0.4, -0.2) is 72.2 Å². The maximum atomic E-state index is 15.5. The van der Waals surface area contributed by atoms with Gasteiger partial charge in [0.1, 0.15) is 11.4 Å². The van der Waals surface area contributed by atoms with Crippen molar-refractivity contribution in [3.63, 3.8) is 0 Å². The summed E-state index contributed by atoms with van der Waals surface area (Å²) in [6.45, 7) is 0.611. The fourth-order valence-electron chi connectivity index (χ4n) is 4.87. The van der Waals surface area contributed by atoms with E-state index in [0.717, 1.165) is 17.8 Å². The molecule has 0 atom stereocenters. The van der Waals surface area contributed by atoms with Crippen LogP contribution >= 0.6 is 0 Å². The summed E-state index contributed by atoms with van der Waals surface area (Å²) in [5, 5.41) is 6.63. The number of hydrogen-bond acceptors (Lipinski definition) is 7. The average Bonchev–Trinajstić information content (AvgIpc) is 3.21. The molecule has 204 valence electrons. The zero-order valence-corrected chi connectivity index (χ0v) is 20.8. The number of nitrogens with zero attached hydrogens (tertiary/aromatic N) is 3. The third kappa shape index (κ3) is 8.05. The molecule has 0 spiro atoms. The summed E-state index contributed by atoms with van der Waals surface area (Å²) in [4.78, 5) is 18.7. The predicted molar refractivity (Wildman–Crippen MR) is 125 cm³/mol. The monoisotopic (exact) mass is 528 g/mol. The van der Waals surface area contributed by atoms with E-state index in [-0.39, 0.29) is 24.2 Å². The summed E-state index contributed by atoms with van der Waals surface area (Å²) in [6, 6.07) is 4.72. The Bertz CT molecular complexity index is 1050. The van der Waals surface area contributed by atoms with Gasteiger partial charge in [-0.15, -0.1) is 0 Å². The number of hydrogen-bond donors (Lipinski definition) is 1. The number of ether oxygens (including phenoxy) is 2. The molecule has 2 aliphatic rings. The Balaban J connectivity index is 1.19. The molecule has 1 aliphatic carbocycles. The maximum absolute atomic E-state index is 15.5. The number of aromatic nitrogens is 2. The predicted octanol–water partition coefficient (Wildman–Crippen LogP) is 3.82. The third-order valence-corrected chi connectivity index (χ3v) is 6.99. The van der Waals surface area contributed by atoms with Gasteiger partial charge in [-0.2, -0.15) is 13.2 Å². The second-order valence-corrected chi connectivity index (χ2v) is 9.76. The molecule has 3 heterocycles. The van der Waals surface area contributed by atoms with Crippen LogP contribution < -0.4 is 14.8 Å². The molecule has 1 N–H and O–H groups in total. The number of methoxy groups -OCH3 is 1. The highest BCUT2D eigenvalue weighted by atomic mass is 19.4. The molecule has 1 aliphatic heterocycles. The maximum Gasteiger partial charge on any atom is 0.422 e. The van der Waals surface area contributed by atoms with Crippen molar-refractivity contribution in [3.8, 4) is 11.8 Å². The third-order valence-electron chi connectivity index (χ3n) is 6.99. The Morgan fingerprint density at radius 2 is 1.97 bits per heavy atom. The number of nitrogens with one attached hydrogen (secondary N) is 1. The molecule has 2 aromatic rings. The van der Waals surface area contributed by atoms with Crippen molar-refractivity contribution in [2.75, 3.05) is 33.4 Å². The van der Waals surface area contributed by atoms with Gasteiger partial charge in [-0.25, -0.2) is 9.37 Å². The van der Waals surface area contributed by atoms with Crippen molar-refractivity contribution in [1.29, 1.82) is 0 Å². The minimum atomic E-state index is -4.41. The normalized spacial score (nSPS) is 22.7. The molecule has 0 unspecified atom stereocenters. The summed E-state index contributed by atoms with van der Waals surface area (Å²) in [5.41, 5.74) is 0.434. The zero-order chi connectivity index (χ0) is 26.5. The van der Waals surface area contributed by atoms with Gasteiger partial charge in [0.05, 0.1) is 13.5 Å². The smallest absolute Gasteiger partial charge is 0.422 e. The number of pyridine rings is 1. The van der Waals surface area contributed by atoms with E-state index in [9.17, 15) is 18.0 Å². The largest absolute Gasteiger partial charge is 0.479 e. The van der Waals surface area contributed by atoms with Crippen molar-refractivity contribution >= 4 is 5.91 Å². The Labute approximate surface area is 212 Å². The van der Waals surface area contributed by atoms with Gasteiger partial charge < -0.3 is 24.2 Å². The molecule has 8 nitrogen and oxygen atoms in total. The van der Waals surface area contributed by atoms with Crippen molar-refractivity contribution in [2.45, 2.75) is 69.3 Å². The molecular weight excluding hydrogens is 496 g/mol. The Kier molecular flexibility index (Phi) is 8.56. The molecular formula is C25H32F4N4O4. The van der Waals surface area contributed by atoms with Crippen molar-refractivity contribution in [3.05, 3.63) is 35.2 Å². The van der Waals surface area contributed by atoms with Crippen LogP contribution in [0.15, 0.2) is 22.7 Å². The molecule has 37 heavy (non-hydrogen) atoms. The molecule has 2 aromatic heterocycles. The second kappa shape index (κ2) is 11.7. The van der Waals surface area contributed by atoms with Gasteiger partial charge in [0.25, 0.3) is 5.88 Å². The van der Waals surface area contributed by atoms with Gasteiger partial charge in [-0.1, -0.05) is 6.07 Å². The van der Waals surface area contributed by atoms with Gasteiger partial charge in [-0.3, -0.25) is 4.79 Å². The minimum absolute atomic E-state index is 0.0309. The van der Waals surface area contributed by atoms with Crippen molar-refractivity contribution in [2.24, 2.45) is 0 Å². The van der Waals surface area contributed by atoms with Crippen molar-refractivity contribution < 1.29 is 36.4 Å². The highest BCUT2D eigenvalue weighted by molar-refractivity contribution is 5.78. The van der Waals surface area contributed by atoms with Crippen LogP contribution in [0, 0.1) is 0 Å². The molecule has 1 saturated carbocycles. The average molecular weight is 529 g/mol. The first-order valence-electron chi connectivity index (χ1n) is 12.5. The van der Waals surface area contributed by atoms with Gasteiger partial charge in [0, 0.05) is 49.9 Å². The lowest BCUT2D eigenvalue weighted by atomic mass is 9.81. The molecule has 0 aromatic carbocycles. The molecule has 4 rings (SSSR count). The summed E-state index contributed by atoms with van der Waals surface area (Å²) in [6.07, 6.45) is -0.797. The zero-order valence-electron chi connectivity index (χ0n) is 20.8. The molecule has 0 radical (unpaired) electrons. The summed E-state index contributed by atoms with van der Waals surface area (Å²) >= 11 is 0. The number of alkyl halides is 4. The van der Waals surface area contributed by atoms with Gasteiger partial charge >= 0.3 is 6.18 Å². The highest BCUT2D eigenvalue weighted by Gasteiger charge is 2.36. The van der Waals surface area contributed by atoms with E-state index in [2.05, 4.69) is 20.4 Å². The number of carbonyl (C=O) groups excluding carboxylic acids is 1. The van der Waals surface area contributed by atoms with Crippen LogP contribution in [0.5, 0.6) is 11.8 Å². The standard InChI is InChI=1S/C25H32F4N4O4/c1-35-23-15-19(37-32-23)14-21(34)30-18-4-8-24(26,9-5-18)10-13-33-11-6-17-2-3-22(31-20(17)7-12-33)36-16-25(27,28)29/h2-3,15,18H,4-14,16H2,1H3,(H,30,34)/t18-,24+. The van der Waals surface area contributed by atoms with Crippen LogP contribution in [0.2, 0.25) is 0 Å². The lowest BCUT2D eigenvalue weighted by molar-refractivity contribution is -0.154. The van der Waals surface area contributed by atoms with E-state index >= 15 is 4.39 Å². The molecule has 1 fully saturated rings. The number of carbonyl (C=O) groups is 1. The van der Waals surface area contributed by atoms with Crippen molar-refractivity contribution in [1.82, 2.24) is 20.4 Å². The SMILES string of the molecule is COc1cc(CC(=O)N[C@H]2CC[C@](F)(CCN3CCc4ccc(OCC(F)(F)F)nc4CC3)CC2)on1. The number of amides is 1. The van der Waals surface area contributed by atoms with Crippen LogP contribution in [0.4, 0.5) is 17.6 Å². The van der Waals surface area contributed by atoms with E-state index in [1.54, 1.807) is 12.1 Å². The summed E-state index contributed by atoms with van der Waals surface area (Å²) < 4.78 is 67.5. The quantitative estimate of drug-likeness (QED) is 0.495. The van der Waals surface area contributed by atoms with E-state index in [1.807, 2.05) is 0 Å². The first kappa shape index (κ1) is 27.2. The van der Waals surface area contributed by atoms with E-state index in [4.69, 9.17) is 14.0 Å². The Morgan fingerprint density at radius 1 is 1.22 bits per heavy atom. The Hall–Kier alpha value is -2.89. The summed E-state index contributed by atoms with van der Waals surface area (Å²) in [5.74, 6) is 0.494. The first-order chi connectivity index (χ1) is 17.6. The van der Waals surface area contributed by atoms with E-state index < -0.39 is 18.5 Å². The molecule has 1 amide bonds. The van der Waals surface area contributed by atoms with Crippen LogP contribution in [0.3, 0.4) is 0 Å². The van der Waals surface area contributed by atoms with Crippen LogP contribution in [-0.2, 0) is 24.1 Å². The Morgan fingerprint density at radius 3 is 2.68 bits per heavy atom. The van der Waals surface area contributed by atoms with Gasteiger partial charge in [0.15, 0.2) is 6.61 Å². The van der Waals surface area contributed by atoms with Gasteiger partial charge in [0.2, 0.25) is 11.8 Å². The van der Waals surface area contributed by atoms with Crippen LogP contribution in [0.25, 0.3) is 0 Å². The van der Waals surface area contributed by atoms with Crippen LogP contribution in [0.1, 0.15) is 49.1 Å².